The van der Waals surface area contributed by atoms with Crippen LogP contribution >= 0.6 is 11.6 Å². The van der Waals surface area contributed by atoms with Crippen LogP contribution in [0.4, 0.5) is 0 Å². The van der Waals surface area contributed by atoms with E-state index < -0.39 is 0 Å². The Bertz CT molecular complexity index is 338. The number of methoxy groups -OCH3 is 2. The van der Waals surface area contributed by atoms with Crippen molar-refractivity contribution in [2.45, 2.75) is 6.61 Å². The molecule has 1 aromatic rings. The summed E-state index contributed by atoms with van der Waals surface area (Å²) in [5, 5.41) is 18.5. The second-order valence-electron chi connectivity index (χ2n) is 2.58. The first-order valence-electron chi connectivity index (χ1n) is 3.88. The van der Waals surface area contributed by atoms with Crippen LogP contribution in [0.25, 0.3) is 0 Å². The number of benzene rings is 1. The second kappa shape index (κ2) is 4.39. The quantitative estimate of drug-likeness (QED) is 0.808. The minimum absolute atomic E-state index is 0.0742. The molecule has 5 heteroatoms. The van der Waals surface area contributed by atoms with E-state index in [1.54, 1.807) is 0 Å². The van der Waals surface area contributed by atoms with E-state index in [9.17, 15) is 5.11 Å². The van der Waals surface area contributed by atoms with Gasteiger partial charge in [-0.15, -0.1) is 0 Å². The van der Waals surface area contributed by atoms with Gasteiger partial charge in [0.05, 0.1) is 25.8 Å². The summed E-state index contributed by atoms with van der Waals surface area (Å²) in [4.78, 5) is 0. The summed E-state index contributed by atoms with van der Waals surface area (Å²) in [7, 11) is 2.87. The highest BCUT2D eigenvalue weighted by Gasteiger charge is 2.17. The first kappa shape index (κ1) is 10.9. The third-order valence-electron chi connectivity index (χ3n) is 1.84. The summed E-state index contributed by atoms with van der Waals surface area (Å²) >= 11 is 5.76. The lowest BCUT2D eigenvalue weighted by molar-refractivity contribution is 0.269. The van der Waals surface area contributed by atoms with Crippen LogP contribution in [0.5, 0.6) is 17.2 Å². The lowest BCUT2D eigenvalue weighted by Gasteiger charge is -2.13. The van der Waals surface area contributed by atoms with Gasteiger partial charge in [-0.1, -0.05) is 11.6 Å². The first-order chi connectivity index (χ1) is 6.65. The van der Waals surface area contributed by atoms with E-state index in [2.05, 4.69) is 0 Å². The van der Waals surface area contributed by atoms with Gasteiger partial charge in [0.1, 0.15) is 5.75 Å². The Hall–Kier alpha value is -1.13. The van der Waals surface area contributed by atoms with Crippen molar-refractivity contribution in [3.8, 4) is 17.2 Å². The van der Waals surface area contributed by atoms with Crippen LogP contribution < -0.4 is 9.47 Å². The van der Waals surface area contributed by atoms with E-state index in [4.69, 9.17) is 26.2 Å². The molecule has 0 radical (unpaired) electrons. The summed E-state index contributed by atoms with van der Waals surface area (Å²) in [5.74, 6) is 0.518. The fourth-order valence-corrected chi connectivity index (χ4v) is 1.37. The molecular formula is C9H11ClO4. The molecule has 0 atom stereocenters. The Morgan fingerprint density at radius 1 is 1.36 bits per heavy atom. The highest BCUT2D eigenvalue weighted by molar-refractivity contribution is 6.33. The highest BCUT2D eigenvalue weighted by atomic mass is 35.5. The normalized spacial score (nSPS) is 10.0. The Morgan fingerprint density at radius 3 is 2.43 bits per heavy atom. The topological polar surface area (TPSA) is 58.9 Å². The maximum atomic E-state index is 9.38. The number of phenolic OH excluding ortho intramolecular Hbond substituents is 1. The van der Waals surface area contributed by atoms with Gasteiger partial charge in [0, 0.05) is 11.6 Å². The summed E-state index contributed by atoms with van der Waals surface area (Å²) in [6.45, 7) is -0.327. The van der Waals surface area contributed by atoms with Gasteiger partial charge in [0.2, 0.25) is 0 Å². The molecule has 0 spiro atoms. The monoisotopic (exact) mass is 218 g/mol. The minimum atomic E-state index is -0.327. The van der Waals surface area contributed by atoms with Crippen molar-refractivity contribution in [1.29, 1.82) is 0 Å². The molecule has 0 unspecified atom stereocenters. The SMILES string of the molecule is COc1cc(O)c(Cl)c(CO)c1OC. The Kier molecular flexibility index (Phi) is 3.43. The number of hydrogen-bond donors (Lipinski definition) is 2. The zero-order chi connectivity index (χ0) is 10.7. The number of rotatable bonds is 3. The van der Waals surface area contributed by atoms with Crippen molar-refractivity contribution in [3.63, 3.8) is 0 Å². The molecule has 4 nitrogen and oxygen atoms in total. The molecule has 0 aliphatic rings. The molecule has 1 rings (SSSR count). The van der Waals surface area contributed by atoms with E-state index in [1.807, 2.05) is 0 Å². The van der Waals surface area contributed by atoms with E-state index in [0.717, 1.165) is 0 Å². The summed E-state index contributed by atoms with van der Waals surface area (Å²) in [5.41, 5.74) is 0.311. The van der Waals surface area contributed by atoms with Gasteiger partial charge in [0.15, 0.2) is 11.5 Å². The highest BCUT2D eigenvalue weighted by Crippen LogP contribution is 2.41. The van der Waals surface area contributed by atoms with Gasteiger partial charge in [0.25, 0.3) is 0 Å². The van der Waals surface area contributed by atoms with Crippen LogP contribution in [0, 0.1) is 0 Å². The lowest BCUT2D eigenvalue weighted by atomic mass is 10.2. The summed E-state index contributed by atoms with van der Waals surface area (Å²) < 4.78 is 9.97. The number of hydrogen-bond acceptors (Lipinski definition) is 4. The molecule has 0 bridgehead atoms. The van der Waals surface area contributed by atoms with Crippen molar-refractivity contribution in [3.05, 3.63) is 16.7 Å². The molecule has 14 heavy (non-hydrogen) atoms. The van der Waals surface area contributed by atoms with Crippen molar-refractivity contribution in [1.82, 2.24) is 0 Å². The Labute approximate surface area is 86.6 Å². The summed E-state index contributed by atoms with van der Waals surface area (Å²) in [6, 6.07) is 1.33. The van der Waals surface area contributed by atoms with Gasteiger partial charge in [-0.3, -0.25) is 0 Å². The van der Waals surface area contributed by atoms with E-state index in [0.29, 0.717) is 17.1 Å². The number of phenols is 1. The van der Waals surface area contributed by atoms with E-state index in [1.165, 1.54) is 20.3 Å². The van der Waals surface area contributed by atoms with Crippen LogP contribution in [0.2, 0.25) is 5.02 Å². The molecule has 0 aliphatic carbocycles. The van der Waals surface area contributed by atoms with E-state index >= 15 is 0 Å². The fraction of sp³-hybridized carbons (Fsp3) is 0.333. The van der Waals surface area contributed by atoms with Crippen LogP contribution in [0.15, 0.2) is 6.07 Å². The summed E-state index contributed by atoms with van der Waals surface area (Å²) in [6.07, 6.45) is 0. The van der Waals surface area contributed by atoms with Crippen molar-refractivity contribution in [2.24, 2.45) is 0 Å². The smallest absolute Gasteiger partial charge is 0.167 e. The number of aliphatic hydroxyl groups is 1. The molecule has 2 N–H and O–H groups in total. The molecule has 0 amide bonds. The minimum Gasteiger partial charge on any atom is -0.506 e. The molecule has 1 aromatic carbocycles. The van der Waals surface area contributed by atoms with Crippen molar-refractivity contribution < 1.29 is 19.7 Å². The number of aliphatic hydroxyl groups excluding tert-OH is 1. The van der Waals surface area contributed by atoms with Crippen LogP contribution in [-0.2, 0) is 6.61 Å². The molecule has 0 saturated carbocycles. The standard InChI is InChI=1S/C9H11ClO4/c1-13-7-3-6(12)8(10)5(4-11)9(7)14-2/h3,11-12H,4H2,1-2H3. The molecule has 0 aliphatic heterocycles. The number of ether oxygens (including phenoxy) is 2. The molecule has 0 fully saturated rings. The van der Waals surface area contributed by atoms with Gasteiger partial charge >= 0.3 is 0 Å². The zero-order valence-electron chi connectivity index (χ0n) is 7.87. The largest absolute Gasteiger partial charge is 0.506 e. The van der Waals surface area contributed by atoms with Gasteiger partial charge in [-0.25, -0.2) is 0 Å². The lowest BCUT2D eigenvalue weighted by Crippen LogP contribution is -1.97. The fourth-order valence-electron chi connectivity index (χ4n) is 1.17. The van der Waals surface area contributed by atoms with Gasteiger partial charge < -0.3 is 19.7 Å². The van der Waals surface area contributed by atoms with E-state index in [-0.39, 0.29) is 17.4 Å². The Balaban J connectivity index is 3.42. The van der Waals surface area contributed by atoms with Crippen LogP contribution in [0.3, 0.4) is 0 Å². The molecule has 78 valence electrons. The maximum Gasteiger partial charge on any atom is 0.167 e. The molecular weight excluding hydrogens is 208 g/mol. The van der Waals surface area contributed by atoms with Crippen LogP contribution in [0.1, 0.15) is 5.56 Å². The predicted molar refractivity (Wildman–Crippen MR) is 52.1 cm³/mol. The van der Waals surface area contributed by atoms with Gasteiger partial charge in [-0.05, 0) is 0 Å². The van der Waals surface area contributed by atoms with Crippen molar-refractivity contribution >= 4 is 11.6 Å². The molecule has 0 aromatic heterocycles. The van der Waals surface area contributed by atoms with Crippen LogP contribution in [-0.4, -0.2) is 24.4 Å². The van der Waals surface area contributed by atoms with Gasteiger partial charge in [-0.2, -0.15) is 0 Å². The average Bonchev–Trinajstić information content (AvgIpc) is 2.20. The third kappa shape index (κ3) is 1.71. The molecule has 0 heterocycles. The maximum absolute atomic E-state index is 9.38. The Morgan fingerprint density at radius 2 is 2.00 bits per heavy atom. The average molecular weight is 219 g/mol. The third-order valence-corrected chi connectivity index (χ3v) is 2.26. The number of aromatic hydroxyl groups is 1. The predicted octanol–water partition coefficient (Wildman–Crippen LogP) is 1.56. The molecule has 0 saturated heterocycles. The first-order valence-corrected chi connectivity index (χ1v) is 4.26. The second-order valence-corrected chi connectivity index (χ2v) is 2.96. The zero-order valence-corrected chi connectivity index (χ0v) is 8.63. The number of halogens is 1. The van der Waals surface area contributed by atoms with Crippen molar-refractivity contribution in [2.75, 3.05) is 14.2 Å².